The third kappa shape index (κ3) is 4.05. The molecule has 0 fully saturated rings. The Morgan fingerprint density at radius 3 is 2.38 bits per heavy atom. The third-order valence-corrected chi connectivity index (χ3v) is 5.41. The molecule has 0 radical (unpaired) electrons. The van der Waals surface area contributed by atoms with E-state index >= 15 is 0 Å². The van der Waals surface area contributed by atoms with Crippen molar-refractivity contribution in [3.8, 4) is 11.5 Å². The van der Waals surface area contributed by atoms with Gasteiger partial charge in [-0.2, -0.15) is 0 Å². The van der Waals surface area contributed by atoms with Gasteiger partial charge in [0.15, 0.2) is 11.5 Å². The van der Waals surface area contributed by atoms with E-state index in [1.807, 2.05) is 0 Å². The average Bonchev–Trinajstić information content (AvgIpc) is 2.65. The molecule has 0 atom stereocenters. The Hall–Kier alpha value is -2.81. The van der Waals surface area contributed by atoms with E-state index in [4.69, 9.17) is 9.47 Å². The highest BCUT2D eigenvalue weighted by molar-refractivity contribution is 7.91. The normalized spacial score (nSPS) is 10.9. The zero-order valence-corrected chi connectivity index (χ0v) is 15.3. The highest BCUT2D eigenvalue weighted by Crippen LogP contribution is 2.34. The number of nitrogens with one attached hydrogen (secondary N) is 2. The molecule has 0 saturated heterocycles. The van der Waals surface area contributed by atoms with E-state index in [2.05, 4.69) is 10.6 Å². The van der Waals surface area contributed by atoms with Crippen molar-refractivity contribution in [2.45, 2.75) is 9.79 Å². The summed E-state index contributed by atoms with van der Waals surface area (Å²) in [4.78, 5) is 11.0. The molecule has 2 aromatic rings. The SMILES string of the molecule is CNC(=O)CNc1ccc(F)cc1S(=O)(=O)c1ccc(OC)c(OC)c1. The van der Waals surface area contributed by atoms with Crippen LogP contribution in [-0.4, -0.2) is 42.1 Å². The fourth-order valence-electron chi connectivity index (χ4n) is 2.24. The van der Waals surface area contributed by atoms with E-state index in [9.17, 15) is 17.6 Å². The van der Waals surface area contributed by atoms with Gasteiger partial charge >= 0.3 is 0 Å². The maximum atomic E-state index is 13.7. The van der Waals surface area contributed by atoms with E-state index in [0.717, 1.165) is 12.1 Å². The standard InChI is InChI=1S/C17H19FN2O5S/c1-19-17(21)10-20-13-6-4-11(18)8-16(13)26(22,23)12-5-7-14(24-2)15(9-12)25-3/h4-9,20H,10H2,1-3H3,(H,19,21). The lowest BCUT2D eigenvalue weighted by atomic mass is 10.3. The number of sulfone groups is 1. The summed E-state index contributed by atoms with van der Waals surface area (Å²) in [7, 11) is 0.192. The number of hydrogen-bond acceptors (Lipinski definition) is 6. The van der Waals surface area contributed by atoms with Crippen molar-refractivity contribution in [3.05, 3.63) is 42.2 Å². The number of anilines is 1. The fraction of sp³-hybridized carbons (Fsp3) is 0.235. The van der Waals surface area contributed by atoms with Crippen molar-refractivity contribution in [1.29, 1.82) is 0 Å². The molecule has 0 aromatic heterocycles. The first-order valence-electron chi connectivity index (χ1n) is 7.54. The Bertz CT molecular complexity index is 915. The smallest absolute Gasteiger partial charge is 0.239 e. The lowest BCUT2D eigenvalue weighted by Crippen LogP contribution is -2.26. The Kier molecular flexibility index (Phi) is 6.04. The molecule has 0 aliphatic heterocycles. The minimum absolute atomic E-state index is 0.0938. The summed E-state index contributed by atoms with van der Waals surface area (Å²) in [6.45, 7) is -0.156. The van der Waals surface area contributed by atoms with E-state index in [1.54, 1.807) is 0 Å². The van der Waals surface area contributed by atoms with Crippen molar-refractivity contribution in [2.24, 2.45) is 0 Å². The van der Waals surface area contributed by atoms with Gasteiger partial charge in [0, 0.05) is 13.1 Å². The summed E-state index contributed by atoms with van der Waals surface area (Å²) in [5, 5.41) is 5.11. The van der Waals surface area contributed by atoms with Gasteiger partial charge in [-0.3, -0.25) is 4.79 Å². The van der Waals surface area contributed by atoms with Gasteiger partial charge in [0.1, 0.15) is 5.82 Å². The lowest BCUT2D eigenvalue weighted by molar-refractivity contribution is -0.118. The van der Waals surface area contributed by atoms with Crippen LogP contribution in [0.5, 0.6) is 11.5 Å². The highest BCUT2D eigenvalue weighted by Gasteiger charge is 2.24. The minimum atomic E-state index is -4.07. The summed E-state index contributed by atoms with van der Waals surface area (Å²) in [5.74, 6) is -0.466. The van der Waals surface area contributed by atoms with Crippen LogP contribution in [0.1, 0.15) is 0 Å². The first-order chi connectivity index (χ1) is 12.3. The Morgan fingerprint density at radius 2 is 1.77 bits per heavy atom. The molecule has 2 N–H and O–H groups in total. The molecule has 7 nitrogen and oxygen atoms in total. The summed E-state index contributed by atoms with van der Waals surface area (Å²) >= 11 is 0. The van der Waals surface area contributed by atoms with E-state index < -0.39 is 15.7 Å². The molecule has 0 saturated carbocycles. The second-order valence-corrected chi connectivity index (χ2v) is 7.11. The first kappa shape index (κ1) is 19.5. The number of halogens is 1. The number of benzene rings is 2. The molecule has 0 aliphatic carbocycles. The predicted molar refractivity (Wildman–Crippen MR) is 94.0 cm³/mol. The summed E-state index contributed by atoms with van der Waals surface area (Å²) in [6, 6.07) is 7.36. The van der Waals surface area contributed by atoms with E-state index in [-0.39, 0.29) is 33.7 Å². The second kappa shape index (κ2) is 8.05. The maximum Gasteiger partial charge on any atom is 0.239 e. The maximum absolute atomic E-state index is 13.7. The van der Waals surface area contributed by atoms with Crippen LogP contribution in [0.3, 0.4) is 0 Å². The van der Waals surface area contributed by atoms with Crippen LogP contribution in [0.25, 0.3) is 0 Å². The predicted octanol–water partition coefficient (Wildman–Crippen LogP) is 1.83. The van der Waals surface area contributed by atoms with Crippen LogP contribution in [0.15, 0.2) is 46.2 Å². The number of likely N-dealkylation sites (N-methyl/N-ethyl adjacent to an activating group) is 1. The first-order valence-corrected chi connectivity index (χ1v) is 9.03. The summed E-state index contributed by atoms with van der Waals surface area (Å²) < 4.78 is 49.9. The van der Waals surface area contributed by atoms with Crippen molar-refractivity contribution >= 4 is 21.4 Å². The largest absolute Gasteiger partial charge is 0.493 e. The Labute approximate surface area is 151 Å². The van der Waals surface area contributed by atoms with E-state index in [0.29, 0.717) is 5.75 Å². The molecule has 0 heterocycles. The van der Waals surface area contributed by atoms with Gasteiger partial charge in [0.25, 0.3) is 0 Å². The minimum Gasteiger partial charge on any atom is -0.493 e. The molecule has 0 aliphatic rings. The molecule has 26 heavy (non-hydrogen) atoms. The van der Waals surface area contributed by atoms with Gasteiger partial charge in [-0.05, 0) is 30.3 Å². The zero-order valence-electron chi connectivity index (χ0n) is 14.5. The van der Waals surface area contributed by atoms with Gasteiger partial charge in [-0.1, -0.05) is 0 Å². The van der Waals surface area contributed by atoms with Crippen molar-refractivity contribution in [3.63, 3.8) is 0 Å². The summed E-state index contributed by atoms with van der Waals surface area (Å²) in [5.41, 5.74) is 0.116. The number of carbonyl (C=O) groups excluding carboxylic acids is 1. The van der Waals surface area contributed by atoms with Crippen LogP contribution in [-0.2, 0) is 14.6 Å². The number of carbonyl (C=O) groups is 1. The van der Waals surface area contributed by atoms with Gasteiger partial charge in [0.2, 0.25) is 15.7 Å². The molecule has 2 rings (SSSR count). The topological polar surface area (TPSA) is 93.7 Å². The lowest BCUT2D eigenvalue weighted by Gasteiger charge is -2.14. The van der Waals surface area contributed by atoms with Crippen LogP contribution in [0.2, 0.25) is 0 Å². The van der Waals surface area contributed by atoms with Crippen LogP contribution >= 0.6 is 0 Å². The van der Waals surface area contributed by atoms with Crippen molar-refractivity contribution < 1.29 is 27.1 Å². The third-order valence-electron chi connectivity index (χ3n) is 3.62. The van der Waals surface area contributed by atoms with Gasteiger partial charge < -0.3 is 20.1 Å². The molecule has 0 bridgehead atoms. The molecule has 1 amide bonds. The monoisotopic (exact) mass is 382 g/mol. The van der Waals surface area contributed by atoms with Gasteiger partial charge in [0.05, 0.1) is 36.2 Å². The number of ether oxygens (including phenoxy) is 2. The molecule has 9 heteroatoms. The fourth-order valence-corrected chi connectivity index (χ4v) is 3.70. The molecule has 0 unspecified atom stereocenters. The van der Waals surface area contributed by atoms with Gasteiger partial charge in [-0.25, -0.2) is 12.8 Å². The van der Waals surface area contributed by atoms with Crippen LogP contribution in [0, 0.1) is 5.82 Å². The number of amides is 1. The molecular weight excluding hydrogens is 363 g/mol. The highest BCUT2D eigenvalue weighted by atomic mass is 32.2. The Morgan fingerprint density at radius 1 is 1.08 bits per heavy atom. The Balaban J connectivity index is 2.51. The van der Waals surface area contributed by atoms with Crippen molar-refractivity contribution in [1.82, 2.24) is 5.32 Å². The van der Waals surface area contributed by atoms with Crippen LogP contribution < -0.4 is 20.1 Å². The summed E-state index contributed by atoms with van der Waals surface area (Å²) in [6.07, 6.45) is 0. The molecular formula is C17H19FN2O5S. The zero-order chi connectivity index (χ0) is 19.3. The molecule has 2 aromatic carbocycles. The average molecular weight is 382 g/mol. The second-order valence-electron chi connectivity index (χ2n) is 5.19. The number of rotatable bonds is 7. The van der Waals surface area contributed by atoms with Crippen molar-refractivity contribution in [2.75, 3.05) is 33.1 Å². The molecule has 0 spiro atoms. The van der Waals surface area contributed by atoms with Crippen LogP contribution in [0.4, 0.5) is 10.1 Å². The quantitative estimate of drug-likeness (QED) is 0.759. The number of hydrogen-bond donors (Lipinski definition) is 2. The van der Waals surface area contributed by atoms with Gasteiger partial charge in [-0.15, -0.1) is 0 Å². The van der Waals surface area contributed by atoms with E-state index in [1.165, 1.54) is 45.5 Å². The molecule has 140 valence electrons. The number of methoxy groups -OCH3 is 2.